The lowest BCUT2D eigenvalue weighted by atomic mass is 9.84. The SMILES string of the molecule is C[C@H](NC(=O)c1c(CN2CCC(N3CCCCC3=O)CC2)c(-c2cccs2)nc2ccccc12)C1CCCCC1. The van der Waals surface area contributed by atoms with Gasteiger partial charge in [-0.15, -0.1) is 11.3 Å². The van der Waals surface area contributed by atoms with Crippen LogP contribution in [-0.2, 0) is 11.3 Å². The number of nitrogens with one attached hydrogen (secondary N) is 1. The molecule has 0 bridgehead atoms. The minimum absolute atomic E-state index is 0.0262. The fraction of sp³-hybridized carbons (Fsp3) is 0.545. The molecule has 3 fully saturated rings. The maximum atomic E-state index is 14.2. The Kier molecular flexibility index (Phi) is 8.49. The molecule has 1 atom stereocenters. The molecule has 2 aromatic heterocycles. The molecule has 0 spiro atoms. The number of thiophene rings is 1. The largest absolute Gasteiger partial charge is 0.349 e. The zero-order valence-electron chi connectivity index (χ0n) is 23.7. The molecule has 2 amide bonds. The number of pyridine rings is 1. The van der Waals surface area contributed by atoms with E-state index in [1.165, 1.54) is 32.1 Å². The van der Waals surface area contributed by atoms with Crippen LogP contribution in [0.5, 0.6) is 0 Å². The Hall–Kier alpha value is -2.77. The Morgan fingerprint density at radius 3 is 2.55 bits per heavy atom. The van der Waals surface area contributed by atoms with Crippen LogP contribution >= 0.6 is 11.3 Å². The van der Waals surface area contributed by atoms with E-state index >= 15 is 0 Å². The average Bonchev–Trinajstić information content (AvgIpc) is 3.53. The number of nitrogens with zero attached hydrogens (tertiary/aromatic N) is 3. The Morgan fingerprint density at radius 1 is 1.00 bits per heavy atom. The van der Waals surface area contributed by atoms with E-state index in [9.17, 15) is 9.59 Å². The number of likely N-dealkylation sites (tertiary alicyclic amines) is 2. The third-order valence-corrected chi connectivity index (χ3v) is 10.3. The van der Waals surface area contributed by atoms with Crippen LogP contribution in [-0.4, -0.2) is 58.3 Å². The van der Waals surface area contributed by atoms with Gasteiger partial charge in [-0.05, 0) is 68.9 Å². The summed E-state index contributed by atoms with van der Waals surface area (Å²) in [5.41, 5.74) is 3.61. The van der Waals surface area contributed by atoms with Gasteiger partial charge in [0.1, 0.15) is 0 Å². The molecule has 1 aromatic carbocycles. The van der Waals surface area contributed by atoms with Gasteiger partial charge in [-0.25, -0.2) is 4.98 Å². The number of aromatic nitrogens is 1. The van der Waals surface area contributed by atoms with Gasteiger partial charge in [0.25, 0.3) is 5.91 Å². The zero-order chi connectivity index (χ0) is 27.5. The van der Waals surface area contributed by atoms with Gasteiger partial charge in [0.05, 0.1) is 21.7 Å². The van der Waals surface area contributed by atoms with Crippen molar-refractivity contribution in [2.45, 2.75) is 89.8 Å². The highest BCUT2D eigenvalue weighted by Gasteiger charge is 2.31. The molecule has 6 nitrogen and oxygen atoms in total. The summed E-state index contributed by atoms with van der Waals surface area (Å²) in [5.74, 6) is 0.898. The number of carbonyl (C=O) groups excluding carboxylic acids is 2. The van der Waals surface area contributed by atoms with Crippen LogP contribution < -0.4 is 5.32 Å². The average molecular weight is 559 g/mol. The minimum atomic E-state index is 0.0262. The monoisotopic (exact) mass is 558 g/mol. The molecule has 4 heterocycles. The minimum Gasteiger partial charge on any atom is -0.349 e. The first-order chi connectivity index (χ1) is 19.6. The van der Waals surface area contributed by atoms with Crippen molar-refractivity contribution in [3.63, 3.8) is 0 Å². The highest BCUT2D eigenvalue weighted by atomic mass is 32.1. The van der Waals surface area contributed by atoms with Crippen LogP contribution in [0, 0.1) is 5.92 Å². The third kappa shape index (κ3) is 5.82. The quantitative estimate of drug-likeness (QED) is 0.353. The number of rotatable bonds is 7. The van der Waals surface area contributed by atoms with Gasteiger partial charge in [0.2, 0.25) is 5.91 Å². The van der Waals surface area contributed by atoms with Crippen LogP contribution in [0.1, 0.15) is 87.1 Å². The Labute approximate surface area is 242 Å². The molecule has 2 saturated heterocycles. The van der Waals surface area contributed by atoms with Crippen LogP contribution in [0.3, 0.4) is 0 Å². The highest BCUT2D eigenvalue weighted by molar-refractivity contribution is 7.13. The molecule has 7 heteroatoms. The Balaban J connectivity index is 1.31. The number of benzene rings is 1. The van der Waals surface area contributed by atoms with Crippen LogP contribution in [0.25, 0.3) is 21.5 Å². The first kappa shape index (κ1) is 27.4. The van der Waals surface area contributed by atoms with Gasteiger partial charge in [-0.1, -0.05) is 43.5 Å². The second-order valence-corrected chi connectivity index (χ2v) is 13.0. The summed E-state index contributed by atoms with van der Waals surface area (Å²) in [4.78, 5) is 37.6. The lowest BCUT2D eigenvalue weighted by Gasteiger charge is -2.40. The molecular formula is C33H42N4O2S. The van der Waals surface area contributed by atoms with Crippen LogP contribution in [0.2, 0.25) is 0 Å². The number of fused-ring (bicyclic) bond motifs is 1. The lowest BCUT2D eigenvalue weighted by molar-refractivity contribution is -0.136. The summed E-state index contributed by atoms with van der Waals surface area (Å²) >= 11 is 1.68. The van der Waals surface area contributed by atoms with Crippen molar-refractivity contribution in [1.29, 1.82) is 0 Å². The predicted molar refractivity (Wildman–Crippen MR) is 162 cm³/mol. The second kappa shape index (κ2) is 12.4. The molecule has 0 radical (unpaired) electrons. The van der Waals surface area contributed by atoms with Crippen molar-refractivity contribution >= 4 is 34.1 Å². The molecule has 6 rings (SSSR count). The second-order valence-electron chi connectivity index (χ2n) is 12.0. The highest BCUT2D eigenvalue weighted by Crippen LogP contribution is 2.35. The maximum Gasteiger partial charge on any atom is 0.252 e. The van der Waals surface area contributed by atoms with E-state index in [1.54, 1.807) is 11.3 Å². The number of carbonyl (C=O) groups is 2. The van der Waals surface area contributed by atoms with E-state index in [4.69, 9.17) is 4.98 Å². The molecule has 1 saturated carbocycles. The van der Waals surface area contributed by atoms with Crippen molar-refractivity contribution < 1.29 is 9.59 Å². The summed E-state index contributed by atoms with van der Waals surface area (Å²) in [6.07, 6.45) is 11.0. The summed E-state index contributed by atoms with van der Waals surface area (Å²) < 4.78 is 0. The Morgan fingerprint density at radius 2 is 1.80 bits per heavy atom. The Bertz CT molecular complexity index is 1330. The fourth-order valence-electron chi connectivity index (χ4n) is 7.14. The number of para-hydroxylation sites is 1. The number of hydrogen-bond acceptors (Lipinski definition) is 5. The van der Waals surface area contributed by atoms with E-state index in [-0.39, 0.29) is 11.9 Å². The summed E-state index contributed by atoms with van der Waals surface area (Å²) in [6, 6.07) is 12.8. The van der Waals surface area contributed by atoms with Gasteiger partial charge >= 0.3 is 0 Å². The number of amides is 2. The van der Waals surface area contributed by atoms with Gasteiger partial charge in [-0.2, -0.15) is 0 Å². The van der Waals surface area contributed by atoms with Crippen molar-refractivity contribution in [2.75, 3.05) is 19.6 Å². The van der Waals surface area contributed by atoms with E-state index in [0.29, 0.717) is 30.8 Å². The smallest absolute Gasteiger partial charge is 0.252 e. The van der Waals surface area contributed by atoms with E-state index in [1.807, 2.05) is 18.2 Å². The number of hydrogen-bond donors (Lipinski definition) is 1. The standard InChI is InChI=1S/C33H42N4O2S/c1-23(24-10-3-2-4-11-24)34-33(39)31-26-12-5-6-13-28(26)35-32(29-14-9-21-40-29)27(31)22-36-19-16-25(17-20-36)37-18-8-7-15-30(37)38/h5-6,9,12-14,21,23-25H,2-4,7-8,10-11,15-20,22H2,1H3,(H,34,39)/t23-/m0/s1. The normalized spacial score (nSPS) is 20.6. The maximum absolute atomic E-state index is 14.2. The molecular weight excluding hydrogens is 516 g/mol. The van der Waals surface area contributed by atoms with Gasteiger partial charge in [0.15, 0.2) is 0 Å². The molecule has 1 N–H and O–H groups in total. The molecule has 3 aliphatic rings. The van der Waals surface area contributed by atoms with Crippen molar-refractivity contribution in [2.24, 2.45) is 5.92 Å². The van der Waals surface area contributed by atoms with E-state index < -0.39 is 0 Å². The summed E-state index contributed by atoms with van der Waals surface area (Å²) in [6.45, 7) is 5.62. The molecule has 212 valence electrons. The van der Waals surface area contributed by atoms with Gasteiger partial charge in [-0.3, -0.25) is 14.5 Å². The molecule has 2 aliphatic heterocycles. The first-order valence-corrected chi connectivity index (χ1v) is 16.2. The van der Waals surface area contributed by atoms with Gasteiger partial charge < -0.3 is 10.2 Å². The number of piperidine rings is 2. The predicted octanol–water partition coefficient (Wildman–Crippen LogP) is 6.64. The van der Waals surface area contributed by atoms with Crippen LogP contribution in [0.4, 0.5) is 0 Å². The van der Waals surface area contributed by atoms with E-state index in [0.717, 1.165) is 77.9 Å². The van der Waals surface area contributed by atoms with Crippen LogP contribution in [0.15, 0.2) is 41.8 Å². The molecule has 40 heavy (non-hydrogen) atoms. The zero-order valence-corrected chi connectivity index (χ0v) is 24.6. The van der Waals surface area contributed by atoms with Crippen molar-refractivity contribution in [3.05, 3.63) is 52.9 Å². The summed E-state index contributed by atoms with van der Waals surface area (Å²) in [7, 11) is 0. The lowest BCUT2D eigenvalue weighted by Crippen LogP contribution is -2.49. The fourth-order valence-corrected chi connectivity index (χ4v) is 7.88. The molecule has 1 aliphatic carbocycles. The summed E-state index contributed by atoms with van der Waals surface area (Å²) in [5, 5.41) is 6.45. The van der Waals surface area contributed by atoms with Crippen molar-refractivity contribution in [1.82, 2.24) is 20.1 Å². The third-order valence-electron chi connectivity index (χ3n) is 9.43. The molecule has 0 unspecified atom stereocenters. The van der Waals surface area contributed by atoms with Crippen molar-refractivity contribution in [3.8, 4) is 10.6 Å². The topological polar surface area (TPSA) is 65.5 Å². The first-order valence-electron chi connectivity index (χ1n) is 15.4. The van der Waals surface area contributed by atoms with Gasteiger partial charge in [0, 0.05) is 55.6 Å². The molecule has 3 aromatic rings. The van der Waals surface area contributed by atoms with E-state index in [2.05, 4.69) is 45.6 Å².